The molecule has 1 atom stereocenters. The van der Waals surface area contributed by atoms with Gasteiger partial charge < -0.3 is 4.98 Å². The molecule has 0 saturated heterocycles. The molecule has 50 valence electrons. The molecule has 1 aromatic heterocycles. The molecular formula is C4H3BrClNOS. The second kappa shape index (κ2) is 2.86. The van der Waals surface area contributed by atoms with E-state index in [9.17, 15) is 4.21 Å². The fourth-order valence-electron chi connectivity index (χ4n) is 0.454. The molecule has 1 heterocycles. The van der Waals surface area contributed by atoms with Crippen molar-refractivity contribution in [2.24, 2.45) is 0 Å². The Morgan fingerprint density at radius 1 is 1.67 bits per heavy atom. The Bertz CT molecular complexity index is 236. The van der Waals surface area contributed by atoms with E-state index in [0.29, 0.717) is 4.90 Å². The maximum absolute atomic E-state index is 10.6. The average molecular weight is 228 g/mol. The van der Waals surface area contributed by atoms with Crippen LogP contribution in [0.15, 0.2) is 21.8 Å². The molecule has 1 unspecified atom stereocenters. The summed E-state index contributed by atoms with van der Waals surface area (Å²) in [6.07, 6.45) is 3.27. The Kier molecular flexibility index (Phi) is 2.32. The van der Waals surface area contributed by atoms with Crippen LogP contribution in [0.5, 0.6) is 0 Å². The molecule has 0 aliphatic rings. The Morgan fingerprint density at radius 3 is 2.56 bits per heavy atom. The van der Waals surface area contributed by atoms with Gasteiger partial charge in [-0.2, -0.15) is 0 Å². The van der Waals surface area contributed by atoms with Gasteiger partial charge in [0.1, 0.15) is 10.0 Å². The van der Waals surface area contributed by atoms with E-state index in [1.165, 1.54) is 0 Å². The summed E-state index contributed by atoms with van der Waals surface area (Å²) in [6.45, 7) is 0. The Hall–Kier alpha value is 0.200. The van der Waals surface area contributed by atoms with Gasteiger partial charge in [-0.3, -0.25) is 0 Å². The molecule has 5 heteroatoms. The Morgan fingerprint density at radius 2 is 2.33 bits per heavy atom. The highest BCUT2D eigenvalue weighted by molar-refractivity contribution is 9.10. The third-order valence-electron chi connectivity index (χ3n) is 0.833. The number of nitrogens with one attached hydrogen (secondary N) is 1. The molecule has 0 amide bonds. The lowest BCUT2D eigenvalue weighted by Gasteiger charge is -1.84. The van der Waals surface area contributed by atoms with Crippen LogP contribution in [0.4, 0.5) is 0 Å². The van der Waals surface area contributed by atoms with Gasteiger partial charge in [0.05, 0.1) is 9.37 Å². The predicted molar refractivity (Wildman–Crippen MR) is 40.8 cm³/mol. The first-order valence-corrected chi connectivity index (χ1v) is 4.89. The topological polar surface area (TPSA) is 32.9 Å². The molecule has 9 heavy (non-hydrogen) atoms. The predicted octanol–water partition coefficient (Wildman–Crippen LogP) is 2.04. The van der Waals surface area contributed by atoms with Crippen molar-refractivity contribution in [2.75, 3.05) is 0 Å². The zero-order chi connectivity index (χ0) is 6.85. The van der Waals surface area contributed by atoms with E-state index < -0.39 is 10.0 Å². The minimum atomic E-state index is -1.42. The molecule has 1 rings (SSSR count). The number of halogens is 2. The number of hydrogen-bond donors (Lipinski definition) is 1. The van der Waals surface area contributed by atoms with Crippen molar-refractivity contribution < 1.29 is 4.21 Å². The molecule has 0 saturated carbocycles. The van der Waals surface area contributed by atoms with Crippen molar-refractivity contribution in [3.8, 4) is 0 Å². The fraction of sp³-hybridized carbons (Fsp3) is 0. The lowest BCUT2D eigenvalue weighted by Crippen LogP contribution is -1.75. The van der Waals surface area contributed by atoms with Gasteiger partial charge in [-0.1, -0.05) is 0 Å². The third kappa shape index (κ3) is 1.56. The average Bonchev–Trinajstić information content (AvgIpc) is 2.13. The molecule has 0 aromatic carbocycles. The first-order chi connectivity index (χ1) is 4.22. The zero-order valence-corrected chi connectivity index (χ0v) is 7.39. The number of aromatic nitrogens is 1. The third-order valence-corrected chi connectivity index (χ3v) is 2.93. The molecule has 0 fully saturated rings. The summed E-state index contributed by atoms with van der Waals surface area (Å²) < 4.78 is 11.3. The highest BCUT2D eigenvalue weighted by Gasteiger charge is 2.04. The van der Waals surface area contributed by atoms with E-state index in [-0.39, 0.29) is 0 Å². The SMILES string of the molecule is O=S(Cl)c1c[nH]cc1Br. The molecule has 0 aliphatic carbocycles. The second-order valence-corrected chi connectivity index (χ2v) is 3.97. The van der Waals surface area contributed by atoms with Crippen LogP contribution in [-0.4, -0.2) is 9.19 Å². The molecule has 2 nitrogen and oxygen atoms in total. The Labute approximate surface area is 67.7 Å². The first-order valence-electron chi connectivity index (χ1n) is 2.12. The maximum atomic E-state index is 10.6. The van der Waals surface area contributed by atoms with Gasteiger partial charge in [0.25, 0.3) is 0 Å². The molecule has 0 aliphatic heterocycles. The molecule has 1 N–H and O–H groups in total. The molecule has 0 bridgehead atoms. The van der Waals surface area contributed by atoms with Crippen LogP contribution in [0.3, 0.4) is 0 Å². The van der Waals surface area contributed by atoms with E-state index in [1.807, 2.05) is 0 Å². The Balaban J connectivity index is 3.08. The van der Waals surface area contributed by atoms with Crippen LogP contribution in [0.1, 0.15) is 0 Å². The summed E-state index contributed by atoms with van der Waals surface area (Å²) in [4.78, 5) is 3.34. The van der Waals surface area contributed by atoms with E-state index >= 15 is 0 Å². The summed E-state index contributed by atoms with van der Waals surface area (Å²) >= 11 is 3.16. The van der Waals surface area contributed by atoms with Crippen LogP contribution in [0.25, 0.3) is 0 Å². The number of hydrogen-bond acceptors (Lipinski definition) is 1. The van der Waals surface area contributed by atoms with Crippen molar-refractivity contribution in [3.05, 3.63) is 16.9 Å². The number of H-pyrrole nitrogens is 1. The number of aromatic amines is 1. The molecule has 0 spiro atoms. The quantitative estimate of drug-likeness (QED) is 0.733. The van der Waals surface area contributed by atoms with Gasteiger partial charge in [0.15, 0.2) is 0 Å². The van der Waals surface area contributed by atoms with Gasteiger partial charge in [-0.15, -0.1) is 0 Å². The largest absolute Gasteiger partial charge is 0.365 e. The van der Waals surface area contributed by atoms with Gasteiger partial charge in [-0.25, -0.2) is 4.21 Å². The van der Waals surface area contributed by atoms with Gasteiger partial charge in [0, 0.05) is 12.4 Å². The van der Waals surface area contributed by atoms with Crippen molar-refractivity contribution in [3.63, 3.8) is 0 Å². The van der Waals surface area contributed by atoms with Crippen LogP contribution < -0.4 is 0 Å². The summed E-state index contributed by atoms with van der Waals surface area (Å²) in [5, 5.41) is 0. The van der Waals surface area contributed by atoms with Crippen molar-refractivity contribution in [2.45, 2.75) is 4.90 Å². The molecule has 1 aromatic rings. The monoisotopic (exact) mass is 227 g/mol. The highest BCUT2D eigenvalue weighted by atomic mass is 79.9. The lowest BCUT2D eigenvalue weighted by molar-refractivity contribution is 0.691. The maximum Gasteiger partial charge on any atom is 0.150 e. The highest BCUT2D eigenvalue weighted by Crippen LogP contribution is 2.20. The minimum Gasteiger partial charge on any atom is -0.365 e. The summed E-state index contributed by atoms with van der Waals surface area (Å²) in [6, 6.07) is 0. The van der Waals surface area contributed by atoms with Crippen LogP contribution in [-0.2, 0) is 10.0 Å². The van der Waals surface area contributed by atoms with E-state index in [4.69, 9.17) is 10.7 Å². The van der Waals surface area contributed by atoms with Gasteiger partial charge >= 0.3 is 0 Å². The van der Waals surface area contributed by atoms with Gasteiger partial charge in [0.2, 0.25) is 0 Å². The summed E-state index contributed by atoms with van der Waals surface area (Å²) in [7, 11) is 3.86. The zero-order valence-electron chi connectivity index (χ0n) is 4.23. The van der Waals surface area contributed by atoms with Crippen LogP contribution >= 0.6 is 26.6 Å². The van der Waals surface area contributed by atoms with E-state index in [2.05, 4.69) is 20.9 Å². The number of rotatable bonds is 1. The standard InChI is InChI=1S/C4H3BrClNOS/c5-3-1-7-2-4(3)9(6)8/h1-2,7H. The van der Waals surface area contributed by atoms with Crippen LogP contribution in [0.2, 0.25) is 0 Å². The van der Waals surface area contributed by atoms with Crippen LogP contribution in [0, 0.1) is 0 Å². The minimum absolute atomic E-state index is 0.580. The normalized spacial score (nSPS) is 13.6. The van der Waals surface area contributed by atoms with E-state index in [0.717, 1.165) is 4.47 Å². The summed E-state index contributed by atoms with van der Waals surface area (Å²) in [5.74, 6) is 0. The fourth-order valence-corrected chi connectivity index (χ4v) is 2.18. The van der Waals surface area contributed by atoms with Gasteiger partial charge in [-0.05, 0) is 26.6 Å². The molecule has 0 radical (unpaired) electrons. The van der Waals surface area contributed by atoms with Crippen molar-refractivity contribution >= 4 is 36.6 Å². The molecular weight excluding hydrogens is 225 g/mol. The van der Waals surface area contributed by atoms with E-state index in [1.54, 1.807) is 12.4 Å². The summed E-state index contributed by atoms with van der Waals surface area (Å²) in [5.41, 5.74) is 0. The first kappa shape index (κ1) is 7.31. The van der Waals surface area contributed by atoms with Crippen molar-refractivity contribution in [1.29, 1.82) is 0 Å². The van der Waals surface area contributed by atoms with Crippen molar-refractivity contribution in [1.82, 2.24) is 4.98 Å². The lowest BCUT2D eigenvalue weighted by atomic mass is 10.7. The smallest absolute Gasteiger partial charge is 0.150 e. The second-order valence-electron chi connectivity index (χ2n) is 1.39.